The van der Waals surface area contributed by atoms with E-state index in [-0.39, 0.29) is 12.2 Å². The minimum atomic E-state index is -0.782. The number of carbonyl (C=O) groups excluding carboxylic acids is 1. The minimum Gasteiger partial charge on any atom is -0.496 e. The van der Waals surface area contributed by atoms with Crippen molar-refractivity contribution in [3.63, 3.8) is 0 Å². The highest BCUT2D eigenvalue weighted by Crippen LogP contribution is 2.40. The lowest BCUT2D eigenvalue weighted by Gasteiger charge is -2.27. The third kappa shape index (κ3) is 5.01. The number of thiazole rings is 1. The van der Waals surface area contributed by atoms with E-state index in [2.05, 4.69) is 72.2 Å². The third-order valence-electron chi connectivity index (χ3n) is 8.11. The Labute approximate surface area is 272 Å². The molecule has 0 radical (unpaired) electrons. The molecule has 1 aliphatic rings. The van der Waals surface area contributed by atoms with Gasteiger partial charge in [0.15, 0.2) is 4.80 Å². The van der Waals surface area contributed by atoms with Crippen molar-refractivity contribution in [1.29, 1.82) is 0 Å². The van der Waals surface area contributed by atoms with Gasteiger partial charge in [0, 0.05) is 26.2 Å². The summed E-state index contributed by atoms with van der Waals surface area (Å²) in [6.07, 6.45) is 1.93. The van der Waals surface area contributed by atoms with E-state index in [9.17, 15) is 9.59 Å². The van der Waals surface area contributed by atoms with Crippen LogP contribution in [0.1, 0.15) is 48.0 Å². The van der Waals surface area contributed by atoms with Gasteiger partial charge in [-0.25, -0.2) is 9.79 Å². The average Bonchev–Trinajstić information content (AvgIpc) is 3.46. The molecular formula is C35H32IN3O4S. The first-order chi connectivity index (χ1) is 21.1. The Kier molecular flexibility index (Phi) is 8.10. The maximum atomic E-state index is 14.4. The maximum Gasteiger partial charge on any atom is 0.338 e. The molecule has 9 heteroatoms. The minimum absolute atomic E-state index is 0.203. The zero-order valence-electron chi connectivity index (χ0n) is 25.4. The Morgan fingerprint density at radius 2 is 1.84 bits per heavy atom. The fraction of sp³-hybridized carbons (Fsp3) is 0.229. The number of benzene rings is 3. The van der Waals surface area contributed by atoms with Crippen LogP contribution in [0.25, 0.3) is 22.5 Å². The Balaban J connectivity index is 1.60. The summed E-state index contributed by atoms with van der Waals surface area (Å²) in [5.74, 6) is 0.0790. The number of ether oxygens (including phenoxy) is 2. The van der Waals surface area contributed by atoms with E-state index in [4.69, 9.17) is 14.5 Å². The number of rotatable bonds is 6. The zero-order chi connectivity index (χ0) is 31.3. The second kappa shape index (κ2) is 11.9. The number of aryl methyl sites for hydroxylation is 2. The molecule has 0 N–H and O–H groups in total. The van der Waals surface area contributed by atoms with Gasteiger partial charge < -0.3 is 14.0 Å². The molecule has 44 heavy (non-hydrogen) atoms. The van der Waals surface area contributed by atoms with Crippen LogP contribution in [0.3, 0.4) is 0 Å². The predicted octanol–water partition coefficient (Wildman–Crippen LogP) is 6.28. The number of fused-ring (bicyclic) bond motifs is 2. The third-order valence-corrected chi connectivity index (χ3v) is 10.3. The van der Waals surface area contributed by atoms with E-state index in [0.29, 0.717) is 26.4 Å². The Hall–Kier alpha value is -3.96. The SMILES string of the molecule is CCOC(=O)C1=C(C)N=c2s/c(=C/c3cc(C)n(-c4ccc(C)c(I)c4)c3C)c(=O)n2[C@@H]1c1c(OC)ccc2ccccc12. The average molecular weight is 718 g/mol. The Morgan fingerprint density at radius 3 is 2.57 bits per heavy atom. The van der Waals surface area contributed by atoms with E-state index < -0.39 is 12.0 Å². The van der Waals surface area contributed by atoms with Crippen molar-refractivity contribution < 1.29 is 14.3 Å². The molecule has 1 atom stereocenters. The van der Waals surface area contributed by atoms with Gasteiger partial charge >= 0.3 is 5.97 Å². The summed E-state index contributed by atoms with van der Waals surface area (Å²) in [5.41, 5.74) is 6.70. The number of hydrogen-bond donors (Lipinski definition) is 0. The quantitative estimate of drug-likeness (QED) is 0.153. The van der Waals surface area contributed by atoms with Crippen molar-refractivity contribution in [2.45, 2.75) is 40.7 Å². The molecule has 1 aliphatic heterocycles. The number of aromatic nitrogens is 2. The topological polar surface area (TPSA) is 74.8 Å². The van der Waals surface area contributed by atoms with Gasteiger partial charge in [-0.3, -0.25) is 9.36 Å². The molecular weight excluding hydrogens is 685 g/mol. The molecule has 6 rings (SSSR count). The normalized spacial score (nSPS) is 15.0. The second-order valence-corrected chi connectivity index (χ2v) is 13.0. The molecule has 0 spiro atoms. The molecule has 0 fully saturated rings. The van der Waals surface area contributed by atoms with Crippen LogP contribution in [0.2, 0.25) is 0 Å². The molecule has 0 unspecified atom stereocenters. The van der Waals surface area contributed by atoms with Crippen LogP contribution in [0.15, 0.2) is 81.7 Å². The van der Waals surface area contributed by atoms with Gasteiger partial charge in [-0.05, 0) is 109 Å². The smallest absolute Gasteiger partial charge is 0.338 e. The number of carbonyl (C=O) groups is 1. The van der Waals surface area contributed by atoms with Gasteiger partial charge in [0.1, 0.15) is 11.8 Å². The van der Waals surface area contributed by atoms with Gasteiger partial charge in [0.25, 0.3) is 5.56 Å². The molecule has 0 saturated heterocycles. The summed E-state index contributed by atoms with van der Waals surface area (Å²) < 4.78 is 16.9. The number of nitrogens with zero attached hydrogens (tertiary/aromatic N) is 3. The first kappa shape index (κ1) is 30.1. The highest BCUT2D eigenvalue weighted by molar-refractivity contribution is 14.1. The summed E-state index contributed by atoms with van der Waals surface area (Å²) in [6, 6.07) is 19.5. The lowest BCUT2D eigenvalue weighted by molar-refractivity contribution is -0.139. The van der Waals surface area contributed by atoms with Gasteiger partial charge in [-0.2, -0.15) is 0 Å². The van der Waals surface area contributed by atoms with Gasteiger partial charge in [0.05, 0.1) is 29.5 Å². The number of methoxy groups -OCH3 is 1. The fourth-order valence-corrected chi connectivity index (χ4v) is 7.53. The summed E-state index contributed by atoms with van der Waals surface area (Å²) in [6.45, 7) is 10.0. The largest absolute Gasteiger partial charge is 0.496 e. The van der Waals surface area contributed by atoms with E-state index in [0.717, 1.165) is 39.0 Å². The first-order valence-electron chi connectivity index (χ1n) is 14.3. The van der Waals surface area contributed by atoms with Crippen LogP contribution in [-0.2, 0) is 9.53 Å². The highest BCUT2D eigenvalue weighted by Gasteiger charge is 2.36. The number of hydrogen-bond acceptors (Lipinski definition) is 6. The van der Waals surface area contributed by atoms with Crippen molar-refractivity contribution in [2.75, 3.05) is 13.7 Å². The van der Waals surface area contributed by atoms with Crippen molar-refractivity contribution in [3.05, 3.63) is 123 Å². The Bertz CT molecular complexity index is 2190. The monoisotopic (exact) mass is 717 g/mol. The molecule has 0 amide bonds. The van der Waals surface area contributed by atoms with Gasteiger partial charge in [-0.1, -0.05) is 47.7 Å². The Morgan fingerprint density at radius 1 is 1.07 bits per heavy atom. The first-order valence-corrected chi connectivity index (χ1v) is 16.2. The van der Waals surface area contributed by atoms with Crippen molar-refractivity contribution in [1.82, 2.24) is 9.13 Å². The van der Waals surface area contributed by atoms with Crippen LogP contribution in [0.4, 0.5) is 0 Å². The molecule has 0 saturated carbocycles. The highest BCUT2D eigenvalue weighted by atomic mass is 127. The van der Waals surface area contributed by atoms with Crippen LogP contribution < -0.4 is 19.6 Å². The van der Waals surface area contributed by atoms with Crippen LogP contribution in [-0.4, -0.2) is 28.8 Å². The van der Waals surface area contributed by atoms with Crippen LogP contribution in [0.5, 0.6) is 5.75 Å². The summed E-state index contributed by atoms with van der Waals surface area (Å²) in [4.78, 5) is 33.2. The van der Waals surface area contributed by atoms with Gasteiger partial charge in [0.2, 0.25) is 0 Å². The molecule has 3 heterocycles. The van der Waals surface area contributed by atoms with Crippen molar-refractivity contribution in [3.8, 4) is 11.4 Å². The molecule has 0 aliphatic carbocycles. The summed E-state index contributed by atoms with van der Waals surface area (Å²) in [7, 11) is 1.60. The fourth-order valence-electron chi connectivity index (χ4n) is 5.99. The summed E-state index contributed by atoms with van der Waals surface area (Å²) >= 11 is 3.68. The molecule has 224 valence electrons. The molecule has 5 aromatic rings. The zero-order valence-corrected chi connectivity index (χ0v) is 28.4. The number of allylic oxidation sites excluding steroid dienone is 1. The van der Waals surface area contributed by atoms with Crippen LogP contribution >= 0.6 is 33.9 Å². The molecule has 2 aromatic heterocycles. The molecule has 7 nitrogen and oxygen atoms in total. The lowest BCUT2D eigenvalue weighted by Crippen LogP contribution is -2.40. The van der Waals surface area contributed by atoms with E-state index in [1.165, 1.54) is 20.5 Å². The maximum absolute atomic E-state index is 14.4. The number of esters is 1. The second-order valence-electron chi connectivity index (χ2n) is 10.8. The lowest BCUT2D eigenvalue weighted by atomic mass is 9.90. The predicted molar refractivity (Wildman–Crippen MR) is 184 cm³/mol. The van der Waals surface area contributed by atoms with Crippen molar-refractivity contribution >= 4 is 56.7 Å². The standard InChI is InChI=1S/C35H32IN3O4S/c1-7-43-34(41)30-21(4)37-35-39(32(30)31-26-11-9-8-10-23(26)13-15-28(31)42-6)33(40)29(44-35)17-24-16-20(3)38(22(24)5)25-14-12-19(2)27(36)18-25/h8-18,32H,7H2,1-6H3/b29-17+/t32-/m0/s1. The van der Waals surface area contributed by atoms with E-state index >= 15 is 0 Å². The molecule has 0 bridgehead atoms. The molecule has 3 aromatic carbocycles. The van der Waals surface area contributed by atoms with Crippen LogP contribution in [0, 0.1) is 24.3 Å². The van der Waals surface area contributed by atoms with E-state index in [1.807, 2.05) is 42.5 Å². The summed E-state index contributed by atoms with van der Waals surface area (Å²) in [5, 5.41) is 1.86. The van der Waals surface area contributed by atoms with Gasteiger partial charge in [-0.15, -0.1) is 0 Å². The number of halogens is 1. The van der Waals surface area contributed by atoms with Crippen molar-refractivity contribution in [2.24, 2.45) is 4.99 Å². The van der Waals surface area contributed by atoms with E-state index in [1.54, 1.807) is 25.5 Å².